The highest BCUT2D eigenvalue weighted by Crippen LogP contribution is 2.44. The molecule has 14 heavy (non-hydrogen) atoms. The largest absolute Gasteiger partial charge is 0.497 e. The minimum absolute atomic E-state index is 0.288. The maximum absolute atomic E-state index is 5.82. The maximum Gasteiger partial charge on any atom is 0.122 e. The molecule has 76 valence electrons. The van der Waals surface area contributed by atoms with Crippen LogP contribution in [0.15, 0.2) is 18.2 Å². The summed E-state index contributed by atoms with van der Waals surface area (Å²) in [4.78, 5) is 0. The van der Waals surface area contributed by atoms with Crippen LogP contribution in [0.4, 0.5) is 0 Å². The Morgan fingerprint density at radius 3 is 2.50 bits per heavy atom. The number of methoxy groups -OCH3 is 2. The van der Waals surface area contributed by atoms with Crippen molar-refractivity contribution < 1.29 is 9.47 Å². The molecule has 3 heteroatoms. The van der Waals surface area contributed by atoms with Crippen LogP contribution in [0, 0.1) is 0 Å². The zero-order valence-electron chi connectivity index (χ0n) is 8.49. The molecule has 0 aromatic heterocycles. The summed E-state index contributed by atoms with van der Waals surface area (Å²) in [6.07, 6.45) is 1.05. The van der Waals surface area contributed by atoms with E-state index in [0.717, 1.165) is 17.9 Å². The lowest BCUT2D eigenvalue weighted by Crippen LogP contribution is -2.02. The van der Waals surface area contributed by atoms with Crippen LogP contribution in [0.3, 0.4) is 0 Å². The first kappa shape index (κ1) is 9.34. The second-order valence-electron chi connectivity index (χ2n) is 3.61. The Bertz CT molecular complexity index is 338. The summed E-state index contributed by atoms with van der Waals surface area (Å²) in [5.74, 6) is 2.21. The molecule has 0 radical (unpaired) electrons. The molecular weight excluding hydrogens is 178 g/mol. The van der Waals surface area contributed by atoms with Crippen molar-refractivity contribution in [1.82, 2.24) is 0 Å². The smallest absolute Gasteiger partial charge is 0.122 e. The molecule has 1 saturated carbocycles. The SMILES string of the molecule is COc1ccc(OC)c([C@@H]2C[C@H]2N)c1. The van der Waals surface area contributed by atoms with Gasteiger partial charge in [0, 0.05) is 17.5 Å². The highest BCUT2D eigenvalue weighted by molar-refractivity contribution is 5.45. The van der Waals surface area contributed by atoms with Gasteiger partial charge in [-0.15, -0.1) is 0 Å². The van der Waals surface area contributed by atoms with Crippen molar-refractivity contribution in [2.75, 3.05) is 14.2 Å². The molecule has 2 atom stereocenters. The van der Waals surface area contributed by atoms with E-state index < -0.39 is 0 Å². The van der Waals surface area contributed by atoms with Gasteiger partial charge in [-0.3, -0.25) is 0 Å². The molecule has 0 heterocycles. The lowest BCUT2D eigenvalue weighted by Gasteiger charge is -2.09. The molecule has 0 aliphatic heterocycles. The predicted molar refractivity (Wildman–Crippen MR) is 54.9 cm³/mol. The summed E-state index contributed by atoms with van der Waals surface area (Å²) in [7, 11) is 3.34. The number of hydrogen-bond acceptors (Lipinski definition) is 3. The van der Waals surface area contributed by atoms with Crippen LogP contribution in [-0.4, -0.2) is 20.3 Å². The first-order chi connectivity index (χ1) is 6.76. The molecule has 0 bridgehead atoms. The zero-order chi connectivity index (χ0) is 10.1. The highest BCUT2D eigenvalue weighted by atomic mass is 16.5. The van der Waals surface area contributed by atoms with E-state index in [0.29, 0.717) is 5.92 Å². The quantitative estimate of drug-likeness (QED) is 0.791. The van der Waals surface area contributed by atoms with Crippen LogP contribution in [0.1, 0.15) is 17.9 Å². The van der Waals surface area contributed by atoms with Gasteiger partial charge in [0.1, 0.15) is 11.5 Å². The van der Waals surface area contributed by atoms with Gasteiger partial charge in [-0.25, -0.2) is 0 Å². The Hall–Kier alpha value is -1.22. The molecule has 2 rings (SSSR count). The van der Waals surface area contributed by atoms with Crippen molar-refractivity contribution in [2.45, 2.75) is 18.4 Å². The van der Waals surface area contributed by atoms with Crippen molar-refractivity contribution in [2.24, 2.45) is 5.73 Å². The molecule has 0 amide bonds. The third-order valence-corrected chi connectivity index (χ3v) is 2.68. The van der Waals surface area contributed by atoms with Gasteiger partial charge in [0.15, 0.2) is 0 Å². The van der Waals surface area contributed by atoms with Crippen LogP contribution < -0.4 is 15.2 Å². The van der Waals surface area contributed by atoms with Gasteiger partial charge in [-0.1, -0.05) is 0 Å². The van der Waals surface area contributed by atoms with E-state index in [4.69, 9.17) is 15.2 Å². The summed E-state index contributed by atoms with van der Waals surface area (Å²) in [5.41, 5.74) is 6.98. The predicted octanol–water partition coefficient (Wildman–Crippen LogP) is 1.52. The number of hydrogen-bond donors (Lipinski definition) is 1. The molecule has 0 saturated heterocycles. The fraction of sp³-hybridized carbons (Fsp3) is 0.455. The Balaban J connectivity index is 2.33. The first-order valence-electron chi connectivity index (χ1n) is 4.73. The molecular formula is C11H15NO2. The van der Waals surface area contributed by atoms with E-state index in [1.54, 1.807) is 14.2 Å². The van der Waals surface area contributed by atoms with E-state index >= 15 is 0 Å². The highest BCUT2D eigenvalue weighted by Gasteiger charge is 2.37. The second-order valence-corrected chi connectivity index (χ2v) is 3.61. The topological polar surface area (TPSA) is 44.5 Å². The van der Waals surface area contributed by atoms with E-state index in [9.17, 15) is 0 Å². The molecule has 1 aromatic rings. The molecule has 1 aliphatic carbocycles. The fourth-order valence-electron chi connectivity index (χ4n) is 1.70. The van der Waals surface area contributed by atoms with Gasteiger partial charge in [-0.2, -0.15) is 0 Å². The van der Waals surface area contributed by atoms with Gasteiger partial charge in [0.05, 0.1) is 14.2 Å². The summed E-state index contributed by atoms with van der Waals surface area (Å²) >= 11 is 0. The van der Waals surface area contributed by atoms with Crippen LogP contribution in [0.2, 0.25) is 0 Å². The van der Waals surface area contributed by atoms with Crippen molar-refractivity contribution >= 4 is 0 Å². The molecule has 2 N–H and O–H groups in total. The van der Waals surface area contributed by atoms with Gasteiger partial charge in [0.2, 0.25) is 0 Å². The molecule has 1 aliphatic rings. The Morgan fingerprint density at radius 1 is 1.29 bits per heavy atom. The van der Waals surface area contributed by atoms with Gasteiger partial charge in [-0.05, 0) is 24.6 Å². The standard InChI is InChI=1S/C11H15NO2/c1-13-7-3-4-11(14-2)9(5-7)8-6-10(8)12/h3-5,8,10H,6,12H2,1-2H3/t8-,10+/m0/s1. The van der Waals surface area contributed by atoms with Crippen molar-refractivity contribution in [3.63, 3.8) is 0 Å². The fourth-order valence-corrected chi connectivity index (χ4v) is 1.70. The van der Waals surface area contributed by atoms with E-state index in [1.807, 2.05) is 18.2 Å². The number of rotatable bonds is 3. The summed E-state index contributed by atoms with van der Waals surface area (Å²) in [5, 5.41) is 0. The average molecular weight is 193 g/mol. The van der Waals surface area contributed by atoms with Crippen LogP contribution in [0.5, 0.6) is 11.5 Å². The van der Waals surface area contributed by atoms with E-state index in [1.165, 1.54) is 5.56 Å². The minimum atomic E-state index is 0.288. The lowest BCUT2D eigenvalue weighted by molar-refractivity contribution is 0.398. The van der Waals surface area contributed by atoms with E-state index in [-0.39, 0.29) is 6.04 Å². The first-order valence-corrected chi connectivity index (χ1v) is 4.73. The molecule has 1 fully saturated rings. The molecule has 3 nitrogen and oxygen atoms in total. The average Bonchev–Trinajstić information content (AvgIpc) is 2.94. The summed E-state index contributed by atoms with van der Waals surface area (Å²) < 4.78 is 10.5. The normalized spacial score (nSPS) is 24.5. The van der Waals surface area contributed by atoms with Gasteiger partial charge >= 0.3 is 0 Å². The third kappa shape index (κ3) is 1.55. The molecule has 0 spiro atoms. The van der Waals surface area contributed by atoms with Crippen LogP contribution in [0.25, 0.3) is 0 Å². The zero-order valence-corrected chi connectivity index (χ0v) is 8.49. The Kier molecular flexibility index (Phi) is 2.33. The van der Waals surface area contributed by atoms with Crippen LogP contribution >= 0.6 is 0 Å². The van der Waals surface area contributed by atoms with Crippen molar-refractivity contribution in [3.05, 3.63) is 23.8 Å². The summed E-state index contributed by atoms with van der Waals surface area (Å²) in [6.45, 7) is 0. The summed E-state index contributed by atoms with van der Waals surface area (Å²) in [6, 6.07) is 6.13. The molecule has 1 aromatic carbocycles. The van der Waals surface area contributed by atoms with E-state index in [2.05, 4.69) is 0 Å². The van der Waals surface area contributed by atoms with Crippen molar-refractivity contribution in [3.8, 4) is 11.5 Å². The minimum Gasteiger partial charge on any atom is -0.497 e. The molecule has 0 unspecified atom stereocenters. The number of nitrogens with two attached hydrogens (primary N) is 1. The second kappa shape index (κ2) is 3.50. The van der Waals surface area contributed by atoms with Gasteiger partial charge in [0.25, 0.3) is 0 Å². The number of ether oxygens (including phenoxy) is 2. The van der Waals surface area contributed by atoms with Crippen molar-refractivity contribution in [1.29, 1.82) is 0 Å². The van der Waals surface area contributed by atoms with Crippen LogP contribution in [-0.2, 0) is 0 Å². The Labute approximate surface area is 83.8 Å². The monoisotopic (exact) mass is 193 g/mol. The maximum atomic E-state index is 5.82. The third-order valence-electron chi connectivity index (χ3n) is 2.68. The Morgan fingerprint density at radius 2 is 2.00 bits per heavy atom. The van der Waals surface area contributed by atoms with Gasteiger partial charge < -0.3 is 15.2 Å². The number of benzene rings is 1. The lowest BCUT2D eigenvalue weighted by atomic mass is 10.1.